The van der Waals surface area contributed by atoms with E-state index >= 15 is 0 Å². The molecule has 3 aromatic rings. The number of nitrogens with zero attached hydrogens (tertiary/aromatic N) is 2. The number of hydrogen-bond acceptors (Lipinski definition) is 5. The van der Waals surface area contributed by atoms with Gasteiger partial charge in [-0.15, -0.1) is 0 Å². The molecule has 34 heavy (non-hydrogen) atoms. The second-order valence-electron chi connectivity index (χ2n) is 9.47. The minimum absolute atomic E-state index is 0.316. The molecule has 5 nitrogen and oxygen atoms in total. The molecule has 0 amide bonds. The van der Waals surface area contributed by atoms with Gasteiger partial charge in [0, 0.05) is 24.9 Å². The van der Waals surface area contributed by atoms with E-state index in [9.17, 15) is 4.39 Å². The van der Waals surface area contributed by atoms with Gasteiger partial charge in [-0.2, -0.15) is 0 Å². The van der Waals surface area contributed by atoms with Gasteiger partial charge >= 0.3 is 0 Å². The van der Waals surface area contributed by atoms with Gasteiger partial charge in [-0.1, -0.05) is 41.9 Å². The molecule has 7 heteroatoms. The average Bonchev–Trinajstić information content (AvgIpc) is 2.96. The van der Waals surface area contributed by atoms with Gasteiger partial charge < -0.3 is 10.5 Å². The Bertz CT molecular complexity index is 1310. The van der Waals surface area contributed by atoms with Crippen LogP contribution < -0.4 is 10.5 Å². The summed E-state index contributed by atoms with van der Waals surface area (Å²) < 4.78 is 20.9. The molecule has 0 saturated heterocycles. The van der Waals surface area contributed by atoms with Crippen molar-refractivity contribution in [1.29, 1.82) is 0 Å². The molecule has 3 aromatic carbocycles. The Morgan fingerprint density at radius 2 is 1.88 bits per heavy atom. The van der Waals surface area contributed by atoms with Gasteiger partial charge in [0.25, 0.3) is 0 Å². The van der Waals surface area contributed by atoms with E-state index in [0.717, 1.165) is 36.8 Å². The standard InChI is InChI=1S/C27H25ClFN3O2/c1-32-25(30)31-27(34-32)16-26(10-4-7-17-5-2-3-6-19(17)15-26)33-24-9-8-18(13-23(24)27)20-11-21(28)14-22(29)12-20/h2-3,5-6,8-9,11-14H,4,7,10,15-16H2,1H3,(H2,30,31). The molecule has 0 aromatic heterocycles. The Balaban J connectivity index is 1.48. The van der Waals surface area contributed by atoms with Crippen LogP contribution >= 0.6 is 11.6 Å². The largest absolute Gasteiger partial charge is 0.486 e. The number of nitrogens with two attached hydrogens (primary N) is 1. The zero-order valence-electron chi connectivity index (χ0n) is 18.9. The molecule has 174 valence electrons. The van der Waals surface area contributed by atoms with Gasteiger partial charge in [-0.25, -0.2) is 19.3 Å². The Labute approximate surface area is 202 Å². The molecule has 2 aliphatic heterocycles. The summed E-state index contributed by atoms with van der Waals surface area (Å²) in [5, 5.41) is 1.85. The summed E-state index contributed by atoms with van der Waals surface area (Å²) in [4.78, 5) is 11.2. The fourth-order valence-electron chi connectivity index (χ4n) is 5.60. The van der Waals surface area contributed by atoms with Gasteiger partial charge in [0.1, 0.15) is 17.2 Å². The van der Waals surface area contributed by atoms with Crippen molar-refractivity contribution in [2.75, 3.05) is 7.05 Å². The summed E-state index contributed by atoms with van der Waals surface area (Å²) in [6.07, 6.45) is 4.21. The smallest absolute Gasteiger partial charge is 0.222 e. The number of hydrogen-bond donors (Lipinski definition) is 1. The van der Waals surface area contributed by atoms with Crippen LogP contribution in [0.4, 0.5) is 4.39 Å². The first-order chi connectivity index (χ1) is 16.3. The van der Waals surface area contributed by atoms with Crippen LogP contribution in [0.2, 0.25) is 5.02 Å². The second-order valence-corrected chi connectivity index (χ2v) is 9.91. The van der Waals surface area contributed by atoms with Crippen molar-refractivity contribution in [2.45, 2.75) is 43.4 Å². The summed E-state index contributed by atoms with van der Waals surface area (Å²) in [6, 6.07) is 18.9. The molecule has 0 fully saturated rings. The molecule has 2 unspecified atom stereocenters. The Kier molecular flexibility index (Phi) is 4.87. The lowest BCUT2D eigenvalue weighted by Crippen LogP contribution is -2.49. The lowest BCUT2D eigenvalue weighted by atomic mass is 9.78. The van der Waals surface area contributed by atoms with E-state index < -0.39 is 11.3 Å². The maximum Gasteiger partial charge on any atom is 0.222 e. The summed E-state index contributed by atoms with van der Waals surface area (Å²) in [5.74, 6) is 0.640. The molecule has 6 rings (SSSR count). The van der Waals surface area contributed by atoms with Gasteiger partial charge in [0.05, 0.1) is 5.56 Å². The fourth-order valence-corrected chi connectivity index (χ4v) is 5.83. The quantitative estimate of drug-likeness (QED) is 0.496. The third kappa shape index (κ3) is 3.53. The topological polar surface area (TPSA) is 60.1 Å². The van der Waals surface area contributed by atoms with Crippen molar-refractivity contribution in [3.05, 3.63) is 88.2 Å². The first-order valence-electron chi connectivity index (χ1n) is 11.5. The van der Waals surface area contributed by atoms with Crippen molar-refractivity contribution in [3.8, 4) is 16.9 Å². The molecule has 2 heterocycles. The van der Waals surface area contributed by atoms with E-state index in [4.69, 9.17) is 31.9 Å². The summed E-state index contributed by atoms with van der Waals surface area (Å²) in [5.41, 5.74) is 9.63. The first kappa shape index (κ1) is 21.4. The highest BCUT2D eigenvalue weighted by molar-refractivity contribution is 6.30. The van der Waals surface area contributed by atoms with Crippen LogP contribution in [0.25, 0.3) is 11.1 Å². The molecule has 2 spiro atoms. The van der Waals surface area contributed by atoms with Crippen molar-refractivity contribution >= 4 is 17.6 Å². The van der Waals surface area contributed by atoms with Gasteiger partial charge in [-0.05, 0) is 71.8 Å². The number of aliphatic imine (C=N–C) groups is 1. The Hall–Kier alpha value is -3.09. The first-order valence-corrected chi connectivity index (χ1v) is 11.9. The summed E-state index contributed by atoms with van der Waals surface area (Å²) in [6.45, 7) is 0. The van der Waals surface area contributed by atoms with Gasteiger partial charge in [-0.3, -0.25) is 0 Å². The van der Waals surface area contributed by atoms with Crippen LogP contribution in [-0.2, 0) is 23.4 Å². The SMILES string of the molecule is CN1OC2(CC3(CCCc4ccccc4C3)Oc3ccc(-c4cc(F)cc(Cl)c4)cc32)N=C1N. The maximum absolute atomic E-state index is 14.1. The van der Waals surface area contributed by atoms with Crippen molar-refractivity contribution < 1.29 is 14.0 Å². The Morgan fingerprint density at radius 1 is 1.06 bits per heavy atom. The van der Waals surface area contributed by atoms with E-state index in [1.54, 1.807) is 13.1 Å². The third-order valence-electron chi connectivity index (χ3n) is 7.10. The van der Waals surface area contributed by atoms with Crippen molar-refractivity contribution in [1.82, 2.24) is 5.06 Å². The molecular formula is C27H25ClFN3O2. The number of benzene rings is 3. The molecule has 3 aliphatic rings. The minimum atomic E-state index is -1.02. The fraction of sp³-hybridized carbons (Fsp3) is 0.296. The van der Waals surface area contributed by atoms with E-state index in [-0.39, 0.29) is 5.82 Å². The predicted octanol–water partition coefficient (Wildman–Crippen LogP) is 5.59. The molecule has 0 bridgehead atoms. The highest BCUT2D eigenvalue weighted by Gasteiger charge is 2.54. The zero-order chi connectivity index (χ0) is 23.5. The average molecular weight is 478 g/mol. The molecule has 0 saturated carbocycles. The van der Waals surface area contributed by atoms with Crippen LogP contribution in [0, 0.1) is 5.82 Å². The number of aryl methyl sites for hydroxylation is 1. The van der Waals surface area contributed by atoms with E-state index in [2.05, 4.69) is 24.3 Å². The van der Waals surface area contributed by atoms with Crippen LogP contribution in [0.15, 0.2) is 65.7 Å². The number of rotatable bonds is 1. The predicted molar refractivity (Wildman–Crippen MR) is 130 cm³/mol. The normalized spacial score (nSPS) is 25.5. The lowest BCUT2D eigenvalue weighted by molar-refractivity contribution is -0.204. The Morgan fingerprint density at radius 3 is 2.65 bits per heavy atom. The van der Waals surface area contributed by atoms with Crippen molar-refractivity contribution in [3.63, 3.8) is 0 Å². The van der Waals surface area contributed by atoms with Gasteiger partial charge in [0.2, 0.25) is 11.7 Å². The minimum Gasteiger partial charge on any atom is -0.486 e. The van der Waals surface area contributed by atoms with E-state index in [0.29, 0.717) is 28.7 Å². The zero-order valence-corrected chi connectivity index (χ0v) is 19.6. The maximum atomic E-state index is 14.1. The molecule has 0 radical (unpaired) electrons. The number of guanidine groups is 1. The summed E-state index contributed by atoms with van der Waals surface area (Å²) >= 11 is 6.12. The number of ether oxygens (including phenoxy) is 1. The lowest BCUT2D eigenvalue weighted by Gasteiger charge is -2.45. The van der Waals surface area contributed by atoms with Crippen LogP contribution in [0.1, 0.15) is 36.0 Å². The monoisotopic (exact) mass is 477 g/mol. The number of halogens is 2. The highest BCUT2D eigenvalue weighted by atomic mass is 35.5. The molecule has 2 atom stereocenters. The highest BCUT2D eigenvalue weighted by Crippen LogP contribution is 2.53. The summed E-state index contributed by atoms with van der Waals surface area (Å²) in [7, 11) is 1.76. The molecule has 2 N–H and O–H groups in total. The number of hydroxylamine groups is 2. The third-order valence-corrected chi connectivity index (χ3v) is 7.32. The van der Waals surface area contributed by atoms with Crippen LogP contribution in [-0.4, -0.2) is 23.7 Å². The van der Waals surface area contributed by atoms with Gasteiger partial charge in [0.15, 0.2) is 0 Å². The molecule has 1 aliphatic carbocycles. The molecular weight excluding hydrogens is 453 g/mol. The van der Waals surface area contributed by atoms with E-state index in [1.807, 2.05) is 18.2 Å². The van der Waals surface area contributed by atoms with Crippen LogP contribution in [0.5, 0.6) is 5.75 Å². The van der Waals surface area contributed by atoms with E-state index in [1.165, 1.54) is 28.3 Å². The van der Waals surface area contributed by atoms with Crippen LogP contribution in [0.3, 0.4) is 0 Å². The second kappa shape index (κ2) is 7.72. The number of fused-ring (bicyclic) bond motifs is 3. The van der Waals surface area contributed by atoms with Crippen molar-refractivity contribution in [2.24, 2.45) is 10.7 Å².